The lowest BCUT2D eigenvalue weighted by Crippen LogP contribution is -2.52. The number of rotatable bonds is 4. The predicted molar refractivity (Wildman–Crippen MR) is 104 cm³/mol. The molecule has 3 aromatic rings. The highest BCUT2D eigenvalue weighted by molar-refractivity contribution is 5.94. The summed E-state index contributed by atoms with van der Waals surface area (Å²) in [7, 11) is 0. The third-order valence-corrected chi connectivity index (χ3v) is 4.73. The van der Waals surface area contributed by atoms with Crippen molar-refractivity contribution in [2.45, 2.75) is 20.8 Å². The third-order valence-electron chi connectivity index (χ3n) is 4.73. The molecule has 7 heteroatoms. The molecule has 0 aliphatic carbocycles. The number of carbonyl (C=O) groups excluding carboxylic acids is 1. The first-order chi connectivity index (χ1) is 13.0. The molecule has 27 heavy (non-hydrogen) atoms. The van der Waals surface area contributed by atoms with Gasteiger partial charge in [-0.3, -0.25) is 4.79 Å². The van der Waals surface area contributed by atoms with Crippen molar-refractivity contribution in [1.29, 1.82) is 0 Å². The van der Waals surface area contributed by atoms with Crippen LogP contribution in [-0.2, 0) is 4.79 Å². The van der Waals surface area contributed by atoms with E-state index in [0.717, 1.165) is 34.3 Å². The van der Waals surface area contributed by atoms with Crippen molar-refractivity contribution in [3.8, 4) is 5.82 Å². The largest absolute Gasteiger partial charge is 0.355 e. The van der Waals surface area contributed by atoms with Crippen molar-refractivity contribution in [2.24, 2.45) is 5.92 Å². The maximum Gasteiger partial charge on any atom is 0.231 e. The molecule has 0 atom stereocenters. The Morgan fingerprint density at radius 3 is 2.56 bits per heavy atom. The van der Waals surface area contributed by atoms with Crippen LogP contribution in [0.2, 0.25) is 0 Å². The van der Waals surface area contributed by atoms with Gasteiger partial charge in [0.25, 0.3) is 0 Å². The van der Waals surface area contributed by atoms with Crippen LogP contribution in [0.15, 0.2) is 42.7 Å². The molecule has 4 rings (SSSR count). The standard InChI is InChI=1S/C20H22N6O/c1-13-5-4-6-17(7-13)23-20(27)16-10-25(11-16)18-9-19(22-12-21-18)26-15(3)8-14(2)24-26/h4-9,12,16H,10-11H2,1-3H3,(H,23,27). The summed E-state index contributed by atoms with van der Waals surface area (Å²) < 4.78 is 1.81. The summed E-state index contributed by atoms with van der Waals surface area (Å²) in [6.45, 7) is 7.25. The predicted octanol–water partition coefficient (Wildman–Crippen LogP) is 2.66. The number of anilines is 2. The molecule has 3 heterocycles. The van der Waals surface area contributed by atoms with Crippen LogP contribution in [0.1, 0.15) is 17.0 Å². The van der Waals surface area contributed by atoms with Gasteiger partial charge < -0.3 is 10.2 Å². The molecule has 7 nitrogen and oxygen atoms in total. The molecule has 1 fully saturated rings. The van der Waals surface area contributed by atoms with Crippen molar-refractivity contribution < 1.29 is 4.79 Å². The SMILES string of the molecule is Cc1cccc(NC(=O)C2CN(c3cc(-n4nc(C)cc4C)ncn3)C2)c1. The number of aromatic nitrogens is 4. The van der Waals surface area contributed by atoms with Gasteiger partial charge in [0.2, 0.25) is 5.91 Å². The molecule has 0 radical (unpaired) electrons. The van der Waals surface area contributed by atoms with Gasteiger partial charge in [0.1, 0.15) is 12.1 Å². The Kier molecular flexibility index (Phi) is 4.35. The highest BCUT2D eigenvalue weighted by Gasteiger charge is 2.33. The second-order valence-corrected chi connectivity index (χ2v) is 7.03. The van der Waals surface area contributed by atoms with Gasteiger partial charge in [-0.05, 0) is 44.5 Å². The second kappa shape index (κ2) is 6.83. The van der Waals surface area contributed by atoms with E-state index in [4.69, 9.17) is 0 Å². The average molecular weight is 362 g/mol. The Labute approximate surface area is 158 Å². The summed E-state index contributed by atoms with van der Waals surface area (Å²) in [6, 6.07) is 11.8. The molecule has 0 spiro atoms. The smallest absolute Gasteiger partial charge is 0.231 e. The normalized spacial score (nSPS) is 14.1. The Bertz CT molecular complexity index is 990. The first kappa shape index (κ1) is 17.2. The fourth-order valence-corrected chi connectivity index (χ4v) is 3.29. The highest BCUT2D eigenvalue weighted by Crippen LogP contribution is 2.25. The number of carbonyl (C=O) groups is 1. The lowest BCUT2D eigenvalue weighted by atomic mass is 9.99. The molecule has 1 aliphatic heterocycles. The number of aryl methyl sites for hydroxylation is 3. The maximum atomic E-state index is 12.4. The van der Waals surface area contributed by atoms with Gasteiger partial charge in [-0.15, -0.1) is 0 Å². The molecule has 1 N–H and O–H groups in total. The van der Waals surface area contributed by atoms with Crippen LogP contribution in [0.4, 0.5) is 11.5 Å². The van der Waals surface area contributed by atoms with Crippen molar-refractivity contribution in [1.82, 2.24) is 19.7 Å². The number of amides is 1. The van der Waals surface area contributed by atoms with Gasteiger partial charge in [-0.1, -0.05) is 12.1 Å². The zero-order chi connectivity index (χ0) is 19.0. The molecule has 0 saturated carbocycles. The number of hydrogen-bond acceptors (Lipinski definition) is 5. The van der Waals surface area contributed by atoms with E-state index in [2.05, 4.69) is 25.3 Å². The van der Waals surface area contributed by atoms with Crippen molar-refractivity contribution >= 4 is 17.4 Å². The van der Waals surface area contributed by atoms with Crippen molar-refractivity contribution in [2.75, 3.05) is 23.3 Å². The van der Waals surface area contributed by atoms with E-state index in [-0.39, 0.29) is 11.8 Å². The summed E-state index contributed by atoms with van der Waals surface area (Å²) in [5, 5.41) is 7.46. The molecule has 2 aromatic heterocycles. The summed E-state index contributed by atoms with van der Waals surface area (Å²) in [5.74, 6) is 1.55. The Hall–Kier alpha value is -3.22. The Morgan fingerprint density at radius 2 is 1.85 bits per heavy atom. The Balaban J connectivity index is 1.41. The molecule has 1 amide bonds. The van der Waals surface area contributed by atoms with Gasteiger partial charge in [-0.25, -0.2) is 14.6 Å². The van der Waals surface area contributed by atoms with Gasteiger partial charge in [-0.2, -0.15) is 5.10 Å². The van der Waals surface area contributed by atoms with Crippen molar-refractivity contribution in [3.05, 3.63) is 59.7 Å². The Morgan fingerprint density at radius 1 is 1.07 bits per heavy atom. The number of benzene rings is 1. The van der Waals surface area contributed by atoms with Gasteiger partial charge >= 0.3 is 0 Å². The van der Waals surface area contributed by atoms with Crippen LogP contribution in [0.5, 0.6) is 0 Å². The van der Waals surface area contributed by atoms with E-state index in [1.54, 1.807) is 6.33 Å². The molecular formula is C20H22N6O. The third kappa shape index (κ3) is 3.53. The van der Waals surface area contributed by atoms with E-state index in [0.29, 0.717) is 13.1 Å². The number of nitrogens with zero attached hydrogens (tertiary/aromatic N) is 5. The quantitative estimate of drug-likeness (QED) is 0.772. The molecular weight excluding hydrogens is 340 g/mol. The lowest BCUT2D eigenvalue weighted by molar-refractivity contribution is -0.120. The van der Waals surface area contributed by atoms with Crippen LogP contribution in [-0.4, -0.2) is 38.7 Å². The molecule has 138 valence electrons. The van der Waals surface area contributed by atoms with Crippen LogP contribution in [0.3, 0.4) is 0 Å². The summed E-state index contributed by atoms with van der Waals surface area (Å²) in [4.78, 5) is 23.2. The minimum Gasteiger partial charge on any atom is -0.355 e. The zero-order valence-corrected chi connectivity index (χ0v) is 15.7. The lowest BCUT2D eigenvalue weighted by Gasteiger charge is -2.39. The summed E-state index contributed by atoms with van der Waals surface area (Å²) in [6.07, 6.45) is 1.54. The molecule has 1 aliphatic rings. The monoisotopic (exact) mass is 362 g/mol. The first-order valence-electron chi connectivity index (χ1n) is 8.98. The molecule has 0 unspecified atom stereocenters. The van der Waals surface area contributed by atoms with E-state index >= 15 is 0 Å². The molecule has 1 saturated heterocycles. The van der Waals surface area contributed by atoms with E-state index < -0.39 is 0 Å². The maximum absolute atomic E-state index is 12.4. The van der Waals surface area contributed by atoms with Crippen LogP contribution in [0.25, 0.3) is 5.82 Å². The first-order valence-corrected chi connectivity index (χ1v) is 8.98. The van der Waals surface area contributed by atoms with Crippen LogP contribution >= 0.6 is 0 Å². The minimum absolute atomic E-state index is 0.0439. The minimum atomic E-state index is -0.0439. The van der Waals surface area contributed by atoms with Crippen LogP contribution in [0, 0.1) is 26.7 Å². The van der Waals surface area contributed by atoms with E-state index in [9.17, 15) is 4.79 Å². The summed E-state index contributed by atoms with van der Waals surface area (Å²) in [5.41, 5.74) is 3.94. The fraction of sp³-hybridized carbons (Fsp3) is 0.300. The number of hydrogen-bond donors (Lipinski definition) is 1. The van der Waals surface area contributed by atoms with E-state index in [1.165, 1.54) is 0 Å². The van der Waals surface area contributed by atoms with Gasteiger partial charge in [0.15, 0.2) is 5.82 Å². The molecule has 1 aromatic carbocycles. The zero-order valence-electron chi connectivity index (χ0n) is 15.7. The topological polar surface area (TPSA) is 75.9 Å². The second-order valence-electron chi connectivity index (χ2n) is 7.03. The van der Waals surface area contributed by atoms with E-state index in [1.807, 2.05) is 61.9 Å². The number of nitrogens with one attached hydrogen (secondary N) is 1. The fourth-order valence-electron chi connectivity index (χ4n) is 3.29. The average Bonchev–Trinajstić information content (AvgIpc) is 2.92. The van der Waals surface area contributed by atoms with Crippen LogP contribution < -0.4 is 10.2 Å². The van der Waals surface area contributed by atoms with Crippen molar-refractivity contribution in [3.63, 3.8) is 0 Å². The van der Waals surface area contributed by atoms with Gasteiger partial charge in [0, 0.05) is 30.5 Å². The highest BCUT2D eigenvalue weighted by atomic mass is 16.2. The van der Waals surface area contributed by atoms with Gasteiger partial charge in [0.05, 0.1) is 11.6 Å². The molecule has 0 bridgehead atoms. The summed E-state index contributed by atoms with van der Waals surface area (Å²) >= 11 is 0.